The Kier molecular flexibility index (Phi) is 3.70. The minimum atomic E-state index is -0.627. The van der Waals surface area contributed by atoms with Crippen LogP contribution in [0.2, 0.25) is 0 Å². The first-order chi connectivity index (χ1) is 11.0. The Morgan fingerprint density at radius 2 is 2.00 bits per heavy atom. The Balaban J connectivity index is 1.99. The molecule has 0 radical (unpaired) electrons. The van der Waals surface area contributed by atoms with Crippen LogP contribution in [-0.4, -0.2) is 15.6 Å². The summed E-state index contributed by atoms with van der Waals surface area (Å²) in [7, 11) is 1.85. The lowest BCUT2D eigenvalue weighted by molar-refractivity contribution is 0.104. The molecule has 0 fully saturated rings. The van der Waals surface area contributed by atoms with E-state index in [1.165, 1.54) is 6.08 Å². The van der Waals surface area contributed by atoms with Crippen LogP contribution in [-0.2, 0) is 7.05 Å². The zero-order chi connectivity index (χ0) is 16.6. The third-order valence-electron chi connectivity index (χ3n) is 3.87. The number of ketones is 1. The first kappa shape index (κ1) is 15.0. The summed E-state index contributed by atoms with van der Waals surface area (Å²) in [5.41, 5.74) is 2.54. The van der Waals surface area contributed by atoms with Gasteiger partial charge in [-0.2, -0.15) is 5.10 Å². The van der Waals surface area contributed by atoms with Crippen LogP contribution in [0.1, 0.15) is 27.3 Å². The molecular formula is C18H16N2O3. The van der Waals surface area contributed by atoms with E-state index in [0.717, 1.165) is 22.3 Å². The summed E-state index contributed by atoms with van der Waals surface area (Å²) < 4.78 is 6.94. The van der Waals surface area contributed by atoms with Crippen molar-refractivity contribution < 1.29 is 9.21 Å². The predicted molar refractivity (Wildman–Crippen MR) is 88.5 cm³/mol. The zero-order valence-corrected chi connectivity index (χ0v) is 13.2. The lowest BCUT2D eigenvalue weighted by Crippen LogP contribution is -2.11. The number of para-hydroxylation sites is 1. The lowest BCUT2D eigenvalue weighted by atomic mass is 10.1. The van der Waals surface area contributed by atoms with Crippen molar-refractivity contribution in [3.63, 3.8) is 0 Å². The molecule has 0 aliphatic carbocycles. The van der Waals surface area contributed by atoms with E-state index in [4.69, 9.17) is 4.42 Å². The molecule has 0 unspecified atom stereocenters. The van der Waals surface area contributed by atoms with E-state index in [1.54, 1.807) is 35.0 Å². The van der Waals surface area contributed by atoms with Crippen molar-refractivity contribution in [1.82, 2.24) is 9.78 Å². The van der Waals surface area contributed by atoms with Gasteiger partial charge in [-0.1, -0.05) is 18.2 Å². The molecule has 2 aromatic heterocycles. The number of hydrogen-bond acceptors (Lipinski definition) is 4. The minimum Gasteiger partial charge on any atom is -0.422 e. The first-order valence-electron chi connectivity index (χ1n) is 7.23. The average molecular weight is 308 g/mol. The molecule has 0 aliphatic rings. The van der Waals surface area contributed by atoms with Gasteiger partial charge in [-0.15, -0.1) is 0 Å². The highest BCUT2D eigenvalue weighted by atomic mass is 16.4. The number of hydrogen-bond donors (Lipinski definition) is 0. The van der Waals surface area contributed by atoms with Crippen LogP contribution >= 0.6 is 0 Å². The highest BCUT2D eigenvalue weighted by molar-refractivity contribution is 6.07. The molecule has 0 spiro atoms. The van der Waals surface area contributed by atoms with Gasteiger partial charge >= 0.3 is 5.63 Å². The van der Waals surface area contributed by atoms with E-state index in [9.17, 15) is 9.59 Å². The number of carbonyl (C=O) groups excluding carboxylic acids is 1. The van der Waals surface area contributed by atoms with Crippen molar-refractivity contribution in [1.29, 1.82) is 0 Å². The number of aromatic nitrogens is 2. The maximum atomic E-state index is 12.3. The van der Waals surface area contributed by atoms with Gasteiger partial charge in [0.15, 0.2) is 5.78 Å². The molecule has 0 amide bonds. The van der Waals surface area contributed by atoms with E-state index >= 15 is 0 Å². The number of nitrogens with zero attached hydrogens (tertiary/aromatic N) is 2. The minimum absolute atomic E-state index is 0.0270. The van der Waals surface area contributed by atoms with Crippen molar-refractivity contribution in [2.75, 3.05) is 0 Å². The number of aryl methyl sites for hydroxylation is 2. The van der Waals surface area contributed by atoms with E-state index in [1.807, 2.05) is 27.0 Å². The summed E-state index contributed by atoms with van der Waals surface area (Å²) in [4.78, 5) is 24.3. The molecule has 3 rings (SSSR count). The molecule has 0 saturated heterocycles. The topological polar surface area (TPSA) is 65.1 Å². The van der Waals surface area contributed by atoms with Crippen molar-refractivity contribution in [2.45, 2.75) is 13.8 Å². The lowest BCUT2D eigenvalue weighted by Gasteiger charge is -1.99. The summed E-state index contributed by atoms with van der Waals surface area (Å²) in [5, 5.41) is 5.01. The fourth-order valence-electron chi connectivity index (χ4n) is 2.51. The van der Waals surface area contributed by atoms with Crippen molar-refractivity contribution in [3.05, 3.63) is 69.3 Å². The Morgan fingerprint density at radius 3 is 2.70 bits per heavy atom. The summed E-state index contributed by atoms with van der Waals surface area (Å²) in [6, 6.07) is 8.67. The molecule has 23 heavy (non-hydrogen) atoms. The number of rotatable bonds is 3. The monoisotopic (exact) mass is 308 g/mol. The Morgan fingerprint density at radius 1 is 1.26 bits per heavy atom. The maximum Gasteiger partial charge on any atom is 0.347 e. The van der Waals surface area contributed by atoms with E-state index in [2.05, 4.69) is 5.10 Å². The number of benzene rings is 1. The quantitative estimate of drug-likeness (QED) is 0.424. The number of allylic oxidation sites excluding steroid dienone is 1. The number of carbonyl (C=O) groups is 1. The molecule has 0 saturated carbocycles. The summed E-state index contributed by atoms with van der Waals surface area (Å²) in [5.74, 6) is -0.382. The van der Waals surface area contributed by atoms with Crippen LogP contribution in [0.3, 0.4) is 0 Å². The van der Waals surface area contributed by atoms with Gasteiger partial charge in [-0.3, -0.25) is 9.48 Å². The second-order valence-electron chi connectivity index (χ2n) is 5.39. The van der Waals surface area contributed by atoms with E-state index in [0.29, 0.717) is 5.58 Å². The second kappa shape index (κ2) is 5.68. The highest BCUT2D eigenvalue weighted by Crippen LogP contribution is 2.16. The molecule has 0 aliphatic heterocycles. The molecule has 5 nitrogen and oxygen atoms in total. The summed E-state index contributed by atoms with van der Waals surface area (Å²) in [6.45, 7) is 3.80. The van der Waals surface area contributed by atoms with Crippen LogP contribution in [0.5, 0.6) is 0 Å². The van der Waals surface area contributed by atoms with Gasteiger partial charge < -0.3 is 4.42 Å². The van der Waals surface area contributed by atoms with Gasteiger partial charge in [0.05, 0.1) is 5.69 Å². The fourth-order valence-corrected chi connectivity index (χ4v) is 2.51. The zero-order valence-electron chi connectivity index (χ0n) is 13.2. The van der Waals surface area contributed by atoms with Gasteiger partial charge in [-0.05, 0) is 38.1 Å². The van der Waals surface area contributed by atoms with Gasteiger partial charge in [0, 0.05) is 23.7 Å². The van der Waals surface area contributed by atoms with Crippen LogP contribution in [0.15, 0.2) is 45.6 Å². The Hall–Kier alpha value is -2.95. The summed E-state index contributed by atoms with van der Waals surface area (Å²) in [6.07, 6.45) is 3.08. The fraction of sp³-hybridized carbons (Fsp3) is 0.167. The molecular weight excluding hydrogens is 292 g/mol. The Bertz CT molecular complexity index is 993. The van der Waals surface area contributed by atoms with Gasteiger partial charge in [0.1, 0.15) is 11.1 Å². The number of fused-ring (bicyclic) bond motifs is 1. The SMILES string of the molecule is Cc1nn(C)c(C)c1/C=C/C(=O)c1cc2ccccc2oc1=O. The van der Waals surface area contributed by atoms with Crippen molar-refractivity contribution in [3.8, 4) is 0 Å². The Labute approximate surface area is 132 Å². The molecule has 0 bridgehead atoms. The van der Waals surface area contributed by atoms with Crippen LogP contribution in [0.25, 0.3) is 17.0 Å². The van der Waals surface area contributed by atoms with Crippen molar-refractivity contribution in [2.24, 2.45) is 7.05 Å². The predicted octanol–water partition coefficient (Wildman–Crippen LogP) is 3.04. The van der Waals surface area contributed by atoms with Gasteiger partial charge in [0.2, 0.25) is 0 Å². The summed E-state index contributed by atoms with van der Waals surface area (Å²) >= 11 is 0. The molecule has 0 atom stereocenters. The van der Waals surface area contributed by atoms with Crippen LogP contribution < -0.4 is 5.63 Å². The molecule has 3 aromatic rings. The van der Waals surface area contributed by atoms with E-state index < -0.39 is 5.63 Å². The average Bonchev–Trinajstić information content (AvgIpc) is 2.77. The molecule has 0 N–H and O–H groups in total. The molecule has 116 valence electrons. The second-order valence-corrected chi connectivity index (χ2v) is 5.39. The molecule has 1 aromatic carbocycles. The first-order valence-corrected chi connectivity index (χ1v) is 7.23. The van der Waals surface area contributed by atoms with Crippen LogP contribution in [0.4, 0.5) is 0 Å². The van der Waals surface area contributed by atoms with Gasteiger partial charge in [-0.25, -0.2) is 4.79 Å². The van der Waals surface area contributed by atoms with Crippen molar-refractivity contribution >= 4 is 22.8 Å². The van der Waals surface area contributed by atoms with E-state index in [-0.39, 0.29) is 11.3 Å². The molecule has 2 heterocycles. The third-order valence-corrected chi connectivity index (χ3v) is 3.87. The van der Waals surface area contributed by atoms with Crippen LogP contribution in [0, 0.1) is 13.8 Å². The molecule has 5 heteroatoms. The third kappa shape index (κ3) is 2.73. The highest BCUT2D eigenvalue weighted by Gasteiger charge is 2.12. The van der Waals surface area contributed by atoms with Gasteiger partial charge in [0.25, 0.3) is 0 Å². The normalized spacial score (nSPS) is 11.4. The largest absolute Gasteiger partial charge is 0.422 e. The maximum absolute atomic E-state index is 12.3. The standard InChI is InChI=1S/C18H16N2O3/c1-11-14(12(2)20(3)19-11)8-9-16(21)15-10-13-6-4-5-7-17(13)23-18(15)22/h4-10H,1-3H3/b9-8+. The smallest absolute Gasteiger partial charge is 0.347 e.